The van der Waals surface area contributed by atoms with Crippen molar-refractivity contribution in [2.45, 2.75) is 4.90 Å². The van der Waals surface area contributed by atoms with E-state index in [0.29, 0.717) is 0 Å². The van der Waals surface area contributed by atoms with Gasteiger partial charge in [0.2, 0.25) is 0 Å². The topological polar surface area (TPSA) is 83.0 Å². The minimum atomic E-state index is -4.52. The summed E-state index contributed by atoms with van der Waals surface area (Å²) in [6.45, 7) is 0. The van der Waals surface area contributed by atoms with E-state index in [9.17, 15) is 13.0 Å². The zero-order valence-corrected chi connectivity index (χ0v) is 22.4. The van der Waals surface area contributed by atoms with Gasteiger partial charge in [0, 0.05) is 23.2 Å². The first-order valence-corrected chi connectivity index (χ1v) is 10.6. The van der Waals surface area contributed by atoms with Gasteiger partial charge in [-0.1, -0.05) is 24.3 Å². The maximum absolute atomic E-state index is 11.4. The van der Waals surface area contributed by atoms with Gasteiger partial charge in [0.05, 0.1) is 15.9 Å². The molecule has 8 heteroatoms. The van der Waals surface area contributed by atoms with Crippen LogP contribution in [0.15, 0.2) is 90.1 Å². The van der Waals surface area contributed by atoms with Crippen LogP contribution in [0.3, 0.4) is 0 Å². The van der Waals surface area contributed by atoms with Crippen LogP contribution >= 0.6 is 0 Å². The molecule has 0 aliphatic heterocycles. The average molecular weight is 456 g/mol. The number of benzene rings is 3. The van der Waals surface area contributed by atoms with Crippen molar-refractivity contribution in [1.82, 2.24) is 9.97 Å². The normalized spacial score (nSPS) is 11.0. The molecular formula is C24H14N2Na2O3S. The van der Waals surface area contributed by atoms with Gasteiger partial charge in [-0.3, -0.25) is 9.97 Å². The van der Waals surface area contributed by atoms with Crippen LogP contribution in [0.25, 0.3) is 44.1 Å². The van der Waals surface area contributed by atoms with Crippen molar-refractivity contribution >= 4 is 31.9 Å². The van der Waals surface area contributed by atoms with E-state index in [1.165, 1.54) is 12.1 Å². The van der Waals surface area contributed by atoms with Crippen molar-refractivity contribution in [2.75, 3.05) is 0 Å². The molecule has 0 aliphatic rings. The number of aromatic nitrogens is 2. The molecule has 2 aromatic heterocycles. The van der Waals surface area contributed by atoms with Crippen LogP contribution in [0.1, 0.15) is 0 Å². The van der Waals surface area contributed by atoms with Crippen molar-refractivity contribution in [2.24, 2.45) is 0 Å². The second-order valence-corrected chi connectivity index (χ2v) is 8.20. The van der Waals surface area contributed by atoms with Gasteiger partial charge in [0.1, 0.15) is 10.1 Å². The first-order chi connectivity index (χ1) is 14.5. The summed E-state index contributed by atoms with van der Waals surface area (Å²) in [6.07, 6.45) is 3.47. The molecule has 146 valence electrons. The molecule has 0 fully saturated rings. The van der Waals surface area contributed by atoms with Crippen molar-refractivity contribution in [1.29, 1.82) is 0 Å². The predicted octanol–water partition coefficient (Wildman–Crippen LogP) is -1.17. The second kappa shape index (κ2) is 10.1. The first kappa shape index (κ1) is 25.0. The molecule has 5 nitrogen and oxygen atoms in total. The van der Waals surface area contributed by atoms with Crippen molar-refractivity contribution in [3.05, 3.63) is 91.3 Å². The average Bonchev–Trinajstić information content (AvgIpc) is 2.78. The molecule has 32 heavy (non-hydrogen) atoms. The molecule has 5 rings (SSSR count). The molecule has 0 amide bonds. The Morgan fingerprint density at radius 3 is 1.62 bits per heavy atom. The van der Waals surface area contributed by atoms with Crippen molar-refractivity contribution < 1.29 is 72.1 Å². The Morgan fingerprint density at radius 2 is 1.16 bits per heavy atom. The number of hydrogen-bond donors (Lipinski definition) is 0. The minimum absolute atomic E-state index is 0. The Morgan fingerprint density at radius 1 is 0.688 bits per heavy atom. The van der Waals surface area contributed by atoms with Crippen molar-refractivity contribution in [3.63, 3.8) is 0 Å². The van der Waals surface area contributed by atoms with Crippen LogP contribution < -0.4 is 59.1 Å². The number of nitrogens with zero attached hydrogens (tertiary/aromatic N) is 2. The van der Waals surface area contributed by atoms with E-state index in [4.69, 9.17) is 0 Å². The van der Waals surface area contributed by atoms with E-state index in [-0.39, 0.29) is 64.0 Å². The van der Waals surface area contributed by atoms with Crippen LogP contribution in [-0.2, 0) is 10.1 Å². The Bertz CT molecular complexity index is 1510. The second-order valence-electron chi connectivity index (χ2n) is 6.82. The fraction of sp³-hybridized carbons (Fsp3) is 0. The summed E-state index contributed by atoms with van der Waals surface area (Å²) < 4.78 is 34.1. The molecule has 3 aromatic carbocycles. The van der Waals surface area contributed by atoms with E-state index >= 15 is 0 Å². The number of rotatable bonds is 3. The van der Waals surface area contributed by atoms with Gasteiger partial charge in [0.15, 0.2) is 0 Å². The third-order valence-corrected chi connectivity index (χ3v) is 5.92. The van der Waals surface area contributed by atoms with Crippen LogP contribution in [-0.4, -0.2) is 22.9 Å². The standard InChI is InChI=1S/C24H15N2O3S.2Na/c27-30(28,29)18-12-10-17(11-13-18)22-20-9-5-15-26-24(20)23-19(8-4-14-25-23)21(22)16-6-2-1-3-7-16;;/h2-15H,(H,27,28,29);;/q-1;2*+1/p-1. The molecule has 0 unspecified atom stereocenters. The summed E-state index contributed by atoms with van der Waals surface area (Å²) in [4.78, 5) is 8.90. The van der Waals surface area contributed by atoms with Gasteiger partial charge in [0.25, 0.3) is 0 Å². The smallest absolute Gasteiger partial charge is 0.744 e. The van der Waals surface area contributed by atoms with Crippen molar-refractivity contribution in [3.8, 4) is 22.3 Å². The monoisotopic (exact) mass is 456 g/mol. The van der Waals surface area contributed by atoms with Gasteiger partial charge < -0.3 is 4.55 Å². The van der Waals surface area contributed by atoms with Crippen LogP contribution in [0.4, 0.5) is 0 Å². The first-order valence-electron chi connectivity index (χ1n) is 9.22. The van der Waals surface area contributed by atoms with Gasteiger partial charge in [-0.25, -0.2) is 8.42 Å². The zero-order chi connectivity index (χ0) is 20.7. The van der Waals surface area contributed by atoms with Gasteiger partial charge in [-0.05, 0) is 41.0 Å². The zero-order valence-electron chi connectivity index (χ0n) is 17.6. The van der Waals surface area contributed by atoms with Crippen LogP contribution in [0, 0.1) is 6.07 Å². The predicted molar refractivity (Wildman–Crippen MR) is 115 cm³/mol. The fourth-order valence-electron chi connectivity index (χ4n) is 3.80. The largest absolute Gasteiger partial charge is 1.00 e. The molecule has 0 saturated heterocycles. The Kier molecular flexibility index (Phi) is 7.91. The molecular weight excluding hydrogens is 442 g/mol. The van der Waals surface area contributed by atoms with Gasteiger partial charge in [-0.15, -0.1) is 5.56 Å². The number of hydrogen-bond acceptors (Lipinski definition) is 5. The molecule has 0 spiro atoms. The molecule has 0 bridgehead atoms. The molecule has 2 heterocycles. The van der Waals surface area contributed by atoms with E-state index in [2.05, 4.69) is 16.0 Å². The maximum Gasteiger partial charge on any atom is 1.00 e. The summed E-state index contributed by atoms with van der Waals surface area (Å²) in [5, 5.41) is 1.83. The Balaban J connectivity index is 0.00000144. The Hall–Kier alpha value is -1.61. The molecule has 0 aliphatic carbocycles. The summed E-state index contributed by atoms with van der Waals surface area (Å²) in [5.41, 5.74) is 5.18. The molecule has 0 atom stereocenters. The number of pyridine rings is 2. The molecule has 0 N–H and O–H groups in total. The fourth-order valence-corrected chi connectivity index (χ4v) is 4.27. The van der Waals surface area contributed by atoms with E-state index in [0.717, 1.165) is 44.1 Å². The summed E-state index contributed by atoms with van der Waals surface area (Å²) in [7, 11) is -4.52. The van der Waals surface area contributed by atoms with Gasteiger partial charge >= 0.3 is 59.1 Å². The molecule has 0 saturated carbocycles. The van der Waals surface area contributed by atoms with E-state index in [1.807, 2.05) is 48.5 Å². The third kappa shape index (κ3) is 4.55. The van der Waals surface area contributed by atoms with E-state index in [1.54, 1.807) is 24.5 Å². The summed E-state index contributed by atoms with van der Waals surface area (Å²) >= 11 is 0. The van der Waals surface area contributed by atoms with Crippen LogP contribution in [0.2, 0.25) is 0 Å². The van der Waals surface area contributed by atoms with Crippen LogP contribution in [0.5, 0.6) is 0 Å². The quantitative estimate of drug-likeness (QED) is 0.148. The maximum atomic E-state index is 11.4. The summed E-state index contributed by atoms with van der Waals surface area (Å²) in [5.74, 6) is 0. The SMILES string of the molecule is O=S(=O)([O-])c1ccc(-c2c(-c3cc[c-]cc3)c3cccnc3c3ncccc23)cc1.[Na+].[Na+]. The molecule has 0 radical (unpaired) electrons. The minimum Gasteiger partial charge on any atom is -0.744 e. The van der Waals surface area contributed by atoms with E-state index < -0.39 is 10.1 Å². The summed E-state index contributed by atoms with van der Waals surface area (Å²) in [6, 6.07) is 24.4. The van der Waals surface area contributed by atoms with Gasteiger partial charge in [-0.2, -0.15) is 30.3 Å². The number of fused-ring (bicyclic) bond motifs is 3. The molecule has 5 aromatic rings. The Labute approximate surface area is 230 Å². The third-order valence-electron chi connectivity index (χ3n) is 5.07.